The molecular weight excluding hydrogens is 254 g/mol. The summed E-state index contributed by atoms with van der Waals surface area (Å²) in [4.78, 5) is 0. The Morgan fingerprint density at radius 3 is 2.52 bits per heavy atom. The molecule has 1 nitrogen and oxygen atoms in total. The summed E-state index contributed by atoms with van der Waals surface area (Å²) in [5.74, 6) is 0. The second kappa shape index (κ2) is 7.61. The molecule has 21 heavy (non-hydrogen) atoms. The van der Waals surface area contributed by atoms with Crippen molar-refractivity contribution < 1.29 is 0 Å². The second-order valence-electron chi connectivity index (χ2n) is 6.86. The van der Waals surface area contributed by atoms with Gasteiger partial charge in [-0.15, -0.1) is 0 Å². The fourth-order valence-corrected chi connectivity index (χ4v) is 2.92. The Morgan fingerprint density at radius 1 is 0.952 bits per heavy atom. The molecule has 0 bridgehead atoms. The zero-order valence-electron chi connectivity index (χ0n) is 13.8. The van der Waals surface area contributed by atoms with Gasteiger partial charge in [0.05, 0.1) is 0 Å². The van der Waals surface area contributed by atoms with E-state index in [4.69, 9.17) is 0 Å². The minimum Gasteiger partial charge on any atom is -0.312 e. The lowest BCUT2D eigenvalue weighted by Gasteiger charge is -2.25. The van der Waals surface area contributed by atoms with E-state index in [0.29, 0.717) is 5.41 Å². The number of hydrogen-bond acceptors (Lipinski definition) is 1. The lowest BCUT2D eigenvalue weighted by Crippen LogP contribution is -2.29. The largest absolute Gasteiger partial charge is 0.312 e. The van der Waals surface area contributed by atoms with Crippen molar-refractivity contribution in [1.29, 1.82) is 0 Å². The van der Waals surface area contributed by atoms with Crippen LogP contribution in [0.5, 0.6) is 0 Å². The fraction of sp³-hybridized carbons (Fsp3) is 0.500. The Balaban J connectivity index is 1.90. The highest BCUT2D eigenvalue weighted by Crippen LogP contribution is 2.23. The van der Waals surface area contributed by atoms with Crippen LogP contribution in [0.25, 0.3) is 10.8 Å². The second-order valence-corrected chi connectivity index (χ2v) is 6.86. The van der Waals surface area contributed by atoms with Crippen LogP contribution in [-0.2, 0) is 6.54 Å². The summed E-state index contributed by atoms with van der Waals surface area (Å²) >= 11 is 0. The highest BCUT2D eigenvalue weighted by molar-refractivity contribution is 5.85. The predicted octanol–water partition coefficient (Wildman–Crippen LogP) is 5.54. The van der Waals surface area contributed by atoms with Crippen LogP contribution >= 0.6 is 0 Å². The van der Waals surface area contributed by atoms with Gasteiger partial charge in [0.2, 0.25) is 0 Å². The van der Waals surface area contributed by atoms with E-state index in [1.807, 2.05) is 0 Å². The number of rotatable bonds is 8. The molecule has 0 aromatic heterocycles. The Bertz CT molecular complexity index is 551. The smallest absolute Gasteiger partial charge is 0.0211 e. The van der Waals surface area contributed by atoms with Crippen LogP contribution in [-0.4, -0.2) is 6.54 Å². The highest BCUT2D eigenvalue weighted by atomic mass is 14.9. The first kappa shape index (κ1) is 16.0. The molecule has 0 radical (unpaired) electrons. The molecule has 0 heterocycles. The first-order valence-electron chi connectivity index (χ1n) is 8.30. The maximum atomic E-state index is 3.66. The van der Waals surface area contributed by atoms with Crippen molar-refractivity contribution in [3.05, 3.63) is 48.0 Å². The molecule has 0 aliphatic rings. The molecule has 2 rings (SSSR count). The third kappa shape index (κ3) is 4.86. The number of nitrogens with one attached hydrogen (secondary N) is 1. The molecule has 0 unspecified atom stereocenters. The summed E-state index contributed by atoms with van der Waals surface area (Å²) in [5.41, 5.74) is 1.79. The Kier molecular flexibility index (Phi) is 5.81. The van der Waals surface area contributed by atoms with E-state index >= 15 is 0 Å². The van der Waals surface area contributed by atoms with Gasteiger partial charge in [0.1, 0.15) is 0 Å². The van der Waals surface area contributed by atoms with E-state index in [9.17, 15) is 0 Å². The van der Waals surface area contributed by atoms with Crippen LogP contribution in [0.2, 0.25) is 0 Å². The van der Waals surface area contributed by atoms with Crippen LogP contribution in [0.15, 0.2) is 42.5 Å². The molecule has 0 fully saturated rings. The maximum Gasteiger partial charge on any atom is 0.0211 e. The quantitative estimate of drug-likeness (QED) is 0.627. The summed E-state index contributed by atoms with van der Waals surface area (Å²) in [5, 5.41) is 6.36. The molecule has 2 aromatic carbocycles. The molecule has 2 aromatic rings. The van der Waals surface area contributed by atoms with Gasteiger partial charge in [-0.25, -0.2) is 0 Å². The van der Waals surface area contributed by atoms with Crippen molar-refractivity contribution in [2.45, 2.75) is 53.0 Å². The fourth-order valence-electron chi connectivity index (χ4n) is 2.92. The van der Waals surface area contributed by atoms with Gasteiger partial charge in [0.15, 0.2) is 0 Å². The standard InChI is InChI=1S/C20H29N/c1-4-5-8-14-20(2,3)16-21-15-18-12-9-11-17-10-6-7-13-19(17)18/h6-7,9-13,21H,4-5,8,14-16H2,1-3H3. The molecule has 0 amide bonds. The molecular formula is C20H29N. The van der Waals surface area contributed by atoms with Crippen LogP contribution in [0, 0.1) is 5.41 Å². The first-order valence-corrected chi connectivity index (χ1v) is 8.30. The topological polar surface area (TPSA) is 12.0 Å². The van der Waals surface area contributed by atoms with Crippen LogP contribution < -0.4 is 5.32 Å². The molecule has 1 N–H and O–H groups in total. The van der Waals surface area contributed by atoms with Crippen LogP contribution in [0.3, 0.4) is 0 Å². The summed E-state index contributed by atoms with van der Waals surface area (Å²) in [7, 11) is 0. The normalized spacial score (nSPS) is 12.0. The van der Waals surface area contributed by atoms with Gasteiger partial charge in [0, 0.05) is 13.1 Å². The summed E-state index contributed by atoms with van der Waals surface area (Å²) in [6.07, 6.45) is 5.31. The molecule has 1 heteroatoms. The van der Waals surface area contributed by atoms with Gasteiger partial charge in [0.25, 0.3) is 0 Å². The van der Waals surface area contributed by atoms with Gasteiger partial charge in [-0.3, -0.25) is 0 Å². The zero-order chi connectivity index (χ0) is 15.1. The van der Waals surface area contributed by atoms with Crippen LogP contribution in [0.1, 0.15) is 52.0 Å². The van der Waals surface area contributed by atoms with E-state index < -0.39 is 0 Å². The molecule has 0 aliphatic carbocycles. The monoisotopic (exact) mass is 283 g/mol. The number of fused-ring (bicyclic) bond motifs is 1. The van der Waals surface area contributed by atoms with Crippen molar-refractivity contribution in [2.75, 3.05) is 6.54 Å². The summed E-state index contributed by atoms with van der Waals surface area (Å²) in [6.45, 7) is 9.06. The first-order chi connectivity index (χ1) is 10.1. The van der Waals surface area contributed by atoms with Gasteiger partial charge in [-0.2, -0.15) is 0 Å². The third-order valence-corrected chi connectivity index (χ3v) is 4.26. The van der Waals surface area contributed by atoms with E-state index in [1.54, 1.807) is 0 Å². The molecule has 0 aliphatic heterocycles. The van der Waals surface area contributed by atoms with E-state index in [-0.39, 0.29) is 0 Å². The lowest BCUT2D eigenvalue weighted by molar-refractivity contribution is 0.302. The minimum atomic E-state index is 0.389. The zero-order valence-corrected chi connectivity index (χ0v) is 13.8. The SMILES string of the molecule is CCCCCC(C)(C)CNCc1cccc2ccccc12. The molecule has 114 valence electrons. The summed E-state index contributed by atoms with van der Waals surface area (Å²) in [6, 6.07) is 15.2. The van der Waals surface area contributed by atoms with Crippen molar-refractivity contribution in [3.63, 3.8) is 0 Å². The van der Waals surface area contributed by atoms with Crippen LogP contribution in [0.4, 0.5) is 0 Å². The van der Waals surface area contributed by atoms with Gasteiger partial charge < -0.3 is 5.32 Å². The maximum absolute atomic E-state index is 3.66. The Hall–Kier alpha value is -1.34. The summed E-state index contributed by atoms with van der Waals surface area (Å²) < 4.78 is 0. The predicted molar refractivity (Wildman–Crippen MR) is 93.6 cm³/mol. The van der Waals surface area contributed by atoms with Gasteiger partial charge in [-0.1, -0.05) is 82.5 Å². The van der Waals surface area contributed by atoms with Gasteiger partial charge in [-0.05, 0) is 28.2 Å². The number of unbranched alkanes of at least 4 members (excludes halogenated alkanes) is 2. The van der Waals surface area contributed by atoms with Gasteiger partial charge >= 0.3 is 0 Å². The van der Waals surface area contributed by atoms with E-state index in [0.717, 1.165) is 13.1 Å². The molecule has 0 atom stereocenters. The molecule has 0 spiro atoms. The third-order valence-electron chi connectivity index (χ3n) is 4.26. The average Bonchev–Trinajstić information content (AvgIpc) is 2.47. The minimum absolute atomic E-state index is 0.389. The highest BCUT2D eigenvalue weighted by Gasteiger charge is 2.16. The Morgan fingerprint density at radius 2 is 1.71 bits per heavy atom. The van der Waals surface area contributed by atoms with Crippen molar-refractivity contribution in [3.8, 4) is 0 Å². The average molecular weight is 283 g/mol. The number of benzene rings is 2. The molecule has 0 saturated heterocycles. The van der Waals surface area contributed by atoms with Crippen molar-refractivity contribution in [1.82, 2.24) is 5.32 Å². The van der Waals surface area contributed by atoms with Crippen molar-refractivity contribution in [2.24, 2.45) is 5.41 Å². The van der Waals surface area contributed by atoms with E-state index in [2.05, 4.69) is 68.6 Å². The Labute approximate surface area is 129 Å². The lowest BCUT2D eigenvalue weighted by atomic mass is 9.87. The molecule has 0 saturated carbocycles. The number of hydrogen-bond donors (Lipinski definition) is 1. The van der Waals surface area contributed by atoms with Crippen molar-refractivity contribution >= 4 is 10.8 Å². The van der Waals surface area contributed by atoms with E-state index in [1.165, 1.54) is 42.0 Å².